The summed E-state index contributed by atoms with van der Waals surface area (Å²) in [6.45, 7) is 2.47. The molecule has 14 heavy (non-hydrogen) atoms. The lowest BCUT2D eigenvalue weighted by atomic mass is 10.0. The lowest BCUT2D eigenvalue weighted by Crippen LogP contribution is -2.37. The number of allylic oxidation sites excluding steroid dienone is 1. The summed E-state index contributed by atoms with van der Waals surface area (Å²) in [5, 5.41) is 2.86. The molecule has 0 aromatic rings. The Balaban J connectivity index is 2.59. The first-order chi connectivity index (χ1) is 6.75. The van der Waals surface area contributed by atoms with E-state index in [9.17, 15) is 8.78 Å². The van der Waals surface area contributed by atoms with Crippen LogP contribution in [0.15, 0.2) is 11.6 Å². The van der Waals surface area contributed by atoms with E-state index in [1.54, 1.807) is 0 Å². The second kappa shape index (κ2) is 6.12. The van der Waals surface area contributed by atoms with Crippen molar-refractivity contribution in [2.75, 3.05) is 6.54 Å². The van der Waals surface area contributed by atoms with Gasteiger partial charge in [0.25, 0.3) is 6.43 Å². The molecule has 0 aliphatic heterocycles. The smallest absolute Gasteiger partial charge is 0.257 e. The molecule has 82 valence electrons. The first-order valence-electron chi connectivity index (χ1n) is 5.46. The Bertz CT molecular complexity index is 190. The zero-order chi connectivity index (χ0) is 10.4. The van der Waals surface area contributed by atoms with E-state index < -0.39 is 12.5 Å². The number of alkyl halides is 2. The van der Waals surface area contributed by atoms with Crippen molar-refractivity contribution in [1.82, 2.24) is 5.32 Å². The van der Waals surface area contributed by atoms with Crippen LogP contribution < -0.4 is 5.32 Å². The summed E-state index contributed by atoms with van der Waals surface area (Å²) in [6.07, 6.45) is 4.89. The molecule has 0 bridgehead atoms. The van der Waals surface area contributed by atoms with E-state index >= 15 is 0 Å². The van der Waals surface area contributed by atoms with Crippen molar-refractivity contribution in [3.63, 3.8) is 0 Å². The molecule has 0 fully saturated rings. The van der Waals surface area contributed by atoms with Crippen LogP contribution in [0.1, 0.15) is 39.0 Å². The van der Waals surface area contributed by atoms with Gasteiger partial charge in [-0.1, -0.05) is 25.0 Å². The van der Waals surface area contributed by atoms with Gasteiger partial charge in [0, 0.05) is 0 Å². The molecule has 0 amide bonds. The number of halogens is 2. The normalized spacial score (nSPS) is 20.4. The molecule has 1 aliphatic rings. The maximum absolute atomic E-state index is 12.7. The summed E-state index contributed by atoms with van der Waals surface area (Å²) in [4.78, 5) is 0. The molecule has 1 N–H and O–H groups in total. The summed E-state index contributed by atoms with van der Waals surface area (Å²) in [5.41, 5.74) is 0.916. The van der Waals surface area contributed by atoms with Crippen molar-refractivity contribution in [2.24, 2.45) is 0 Å². The molecule has 1 unspecified atom stereocenters. The van der Waals surface area contributed by atoms with Crippen LogP contribution in [0.2, 0.25) is 0 Å². The second-order valence-corrected chi connectivity index (χ2v) is 3.75. The minimum absolute atomic E-state index is 0.604. The third-order valence-corrected chi connectivity index (χ3v) is 2.65. The predicted octanol–water partition coefficient (Wildman–Crippen LogP) is 3.12. The van der Waals surface area contributed by atoms with E-state index in [4.69, 9.17) is 0 Å². The molecule has 1 rings (SSSR count). The van der Waals surface area contributed by atoms with Crippen molar-refractivity contribution in [2.45, 2.75) is 51.5 Å². The molecular formula is C11H19F2N. The van der Waals surface area contributed by atoms with E-state index in [0.717, 1.165) is 31.3 Å². The van der Waals surface area contributed by atoms with Crippen molar-refractivity contribution in [1.29, 1.82) is 0 Å². The predicted molar refractivity (Wildman–Crippen MR) is 54.6 cm³/mol. The number of rotatable bonds is 4. The Hall–Kier alpha value is -0.440. The van der Waals surface area contributed by atoms with Crippen LogP contribution in [0, 0.1) is 0 Å². The molecule has 0 aromatic carbocycles. The summed E-state index contributed by atoms with van der Waals surface area (Å²) in [7, 11) is 0. The van der Waals surface area contributed by atoms with E-state index in [2.05, 4.69) is 5.32 Å². The molecule has 1 atom stereocenters. The summed E-state index contributed by atoms with van der Waals surface area (Å²) >= 11 is 0. The van der Waals surface area contributed by atoms with Gasteiger partial charge in [0.05, 0.1) is 6.04 Å². The van der Waals surface area contributed by atoms with Gasteiger partial charge in [0.15, 0.2) is 0 Å². The first-order valence-corrected chi connectivity index (χ1v) is 5.46. The monoisotopic (exact) mass is 203 g/mol. The van der Waals surface area contributed by atoms with Gasteiger partial charge >= 0.3 is 0 Å². The molecular weight excluding hydrogens is 184 g/mol. The third kappa shape index (κ3) is 3.37. The second-order valence-electron chi connectivity index (χ2n) is 3.75. The lowest BCUT2D eigenvalue weighted by molar-refractivity contribution is 0.112. The molecule has 0 aromatic heterocycles. The average Bonchev–Trinajstić information content (AvgIpc) is 2.41. The number of nitrogens with one attached hydrogen (secondary N) is 1. The highest BCUT2D eigenvalue weighted by Gasteiger charge is 2.23. The Morgan fingerprint density at radius 2 is 2.14 bits per heavy atom. The van der Waals surface area contributed by atoms with Crippen LogP contribution in [-0.4, -0.2) is 19.0 Å². The van der Waals surface area contributed by atoms with E-state index in [1.165, 1.54) is 6.42 Å². The lowest BCUT2D eigenvalue weighted by Gasteiger charge is -2.19. The van der Waals surface area contributed by atoms with Crippen molar-refractivity contribution in [3.8, 4) is 0 Å². The van der Waals surface area contributed by atoms with Crippen molar-refractivity contribution >= 4 is 0 Å². The fraction of sp³-hybridized carbons (Fsp3) is 0.818. The fourth-order valence-electron chi connectivity index (χ4n) is 1.92. The Kier molecular flexibility index (Phi) is 5.09. The molecule has 1 nitrogen and oxygen atoms in total. The van der Waals surface area contributed by atoms with Crippen molar-refractivity contribution < 1.29 is 8.78 Å². The standard InChI is InChI=1S/C11H19F2N/c1-2-14-10(11(12)13)9-7-5-3-4-6-8-9/h7,10-11,14H,2-6,8H2,1H3. The van der Waals surface area contributed by atoms with Crippen LogP contribution in [0.5, 0.6) is 0 Å². The summed E-state index contributed by atoms with van der Waals surface area (Å²) < 4.78 is 25.4. The number of likely N-dealkylation sites (N-methyl/N-ethyl adjacent to an activating group) is 1. The van der Waals surface area contributed by atoms with Crippen molar-refractivity contribution in [3.05, 3.63) is 11.6 Å². The molecule has 0 heterocycles. The minimum Gasteiger partial charge on any atom is -0.306 e. The van der Waals surface area contributed by atoms with Gasteiger partial charge in [-0.3, -0.25) is 0 Å². The number of hydrogen-bond donors (Lipinski definition) is 1. The fourth-order valence-corrected chi connectivity index (χ4v) is 1.92. The SMILES string of the molecule is CCNC(C1=CCCCCC1)C(F)F. The number of hydrogen-bond acceptors (Lipinski definition) is 1. The Labute approximate surface area is 84.6 Å². The van der Waals surface area contributed by atoms with Crippen LogP contribution >= 0.6 is 0 Å². The highest BCUT2D eigenvalue weighted by atomic mass is 19.3. The third-order valence-electron chi connectivity index (χ3n) is 2.65. The van der Waals surface area contributed by atoms with Crippen LogP contribution in [0.25, 0.3) is 0 Å². The van der Waals surface area contributed by atoms with E-state index in [0.29, 0.717) is 6.54 Å². The van der Waals surface area contributed by atoms with Gasteiger partial charge in [-0.2, -0.15) is 0 Å². The quantitative estimate of drug-likeness (QED) is 0.692. The topological polar surface area (TPSA) is 12.0 Å². The summed E-state index contributed by atoms with van der Waals surface area (Å²) in [5.74, 6) is 0. The maximum Gasteiger partial charge on any atom is 0.257 e. The van der Waals surface area contributed by atoms with Crippen LogP contribution in [0.3, 0.4) is 0 Å². The van der Waals surface area contributed by atoms with Gasteiger partial charge in [0.1, 0.15) is 0 Å². The first kappa shape index (κ1) is 11.6. The van der Waals surface area contributed by atoms with Gasteiger partial charge in [-0.15, -0.1) is 0 Å². The van der Waals surface area contributed by atoms with Gasteiger partial charge in [-0.05, 0) is 32.2 Å². The van der Waals surface area contributed by atoms with E-state index in [-0.39, 0.29) is 0 Å². The Morgan fingerprint density at radius 1 is 1.36 bits per heavy atom. The molecule has 0 saturated carbocycles. The van der Waals surface area contributed by atoms with Gasteiger partial charge in [-0.25, -0.2) is 8.78 Å². The van der Waals surface area contributed by atoms with Crippen LogP contribution in [0.4, 0.5) is 8.78 Å². The zero-order valence-electron chi connectivity index (χ0n) is 8.73. The molecule has 3 heteroatoms. The summed E-state index contributed by atoms with van der Waals surface area (Å²) in [6, 6.07) is -0.710. The minimum atomic E-state index is -2.28. The average molecular weight is 203 g/mol. The zero-order valence-corrected chi connectivity index (χ0v) is 8.73. The van der Waals surface area contributed by atoms with Gasteiger partial charge < -0.3 is 5.32 Å². The van der Waals surface area contributed by atoms with Crippen LogP contribution in [-0.2, 0) is 0 Å². The molecule has 1 aliphatic carbocycles. The Morgan fingerprint density at radius 3 is 2.79 bits per heavy atom. The molecule has 0 saturated heterocycles. The van der Waals surface area contributed by atoms with Gasteiger partial charge in [0.2, 0.25) is 0 Å². The molecule has 0 spiro atoms. The van der Waals surface area contributed by atoms with E-state index in [1.807, 2.05) is 13.0 Å². The largest absolute Gasteiger partial charge is 0.306 e. The highest BCUT2D eigenvalue weighted by Crippen LogP contribution is 2.22. The highest BCUT2D eigenvalue weighted by molar-refractivity contribution is 5.13. The molecule has 0 radical (unpaired) electrons. The maximum atomic E-state index is 12.7.